The number of ketones is 1. The SMILES string of the molecule is C[C@@H]1OC(C)(C)O[C@@H]1C(=O)CS(C)=O. The fraction of sp³-hybridized carbons (Fsp3) is 0.889. The molecule has 1 aliphatic rings. The Morgan fingerprint density at radius 1 is 1.43 bits per heavy atom. The van der Waals surface area contributed by atoms with E-state index in [2.05, 4.69) is 0 Å². The third kappa shape index (κ3) is 2.87. The Balaban J connectivity index is 2.62. The third-order valence-electron chi connectivity index (χ3n) is 1.97. The van der Waals surface area contributed by atoms with Gasteiger partial charge in [0.1, 0.15) is 6.10 Å². The van der Waals surface area contributed by atoms with Gasteiger partial charge in [-0.2, -0.15) is 0 Å². The zero-order valence-electron chi connectivity index (χ0n) is 8.90. The van der Waals surface area contributed by atoms with Gasteiger partial charge in [-0.1, -0.05) is 0 Å². The molecule has 1 saturated heterocycles. The van der Waals surface area contributed by atoms with E-state index in [1.54, 1.807) is 20.8 Å². The van der Waals surface area contributed by atoms with Crippen LogP contribution in [-0.4, -0.2) is 40.0 Å². The quantitative estimate of drug-likeness (QED) is 0.694. The third-order valence-corrected chi connectivity index (χ3v) is 2.66. The Bertz CT molecular complexity index is 262. The van der Waals surface area contributed by atoms with E-state index in [0.29, 0.717) is 0 Å². The van der Waals surface area contributed by atoms with E-state index in [4.69, 9.17) is 9.47 Å². The first kappa shape index (κ1) is 11.8. The van der Waals surface area contributed by atoms with Crippen LogP contribution in [0.3, 0.4) is 0 Å². The predicted molar refractivity (Wildman–Crippen MR) is 53.4 cm³/mol. The van der Waals surface area contributed by atoms with Crippen molar-refractivity contribution >= 4 is 16.6 Å². The Morgan fingerprint density at radius 2 is 2.00 bits per heavy atom. The number of hydrogen-bond acceptors (Lipinski definition) is 4. The molecule has 0 amide bonds. The number of carbonyl (C=O) groups is 1. The highest BCUT2D eigenvalue weighted by atomic mass is 32.2. The lowest BCUT2D eigenvalue weighted by atomic mass is 10.2. The van der Waals surface area contributed by atoms with E-state index < -0.39 is 22.7 Å². The maximum atomic E-state index is 11.6. The van der Waals surface area contributed by atoms with Gasteiger partial charge in [-0.3, -0.25) is 9.00 Å². The number of Topliss-reactive ketones (excluding diaryl/α,β-unsaturated/α-hetero) is 1. The average Bonchev–Trinajstić information content (AvgIpc) is 2.23. The van der Waals surface area contributed by atoms with Crippen LogP contribution in [0.2, 0.25) is 0 Å². The van der Waals surface area contributed by atoms with Gasteiger partial charge in [0.15, 0.2) is 11.6 Å². The van der Waals surface area contributed by atoms with Crippen LogP contribution in [0.1, 0.15) is 20.8 Å². The highest BCUT2D eigenvalue weighted by Crippen LogP contribution is 2.28. The van der Waals surface area contributed by atoms with Gasteiger partial charge in [0.2, 0.25) is 0 Å². The van der Waals surface area contributed by atoms with Crippen LogP contribution in [0, 0.1) is 0 Å². The molecule has 0 saturated carbocycles. The largest absolute Gasteiger partial charge is 0.344 e. The van der Waals surface area contributed by atoms with Crippen molar-refractivity contribution in [3.05, 3.63) is 0 Å². The fourth-order valence-corrected chi connectivity index (χ4v) is 2.11. The summed E-state index contributed by atoms with van der Waals surface area (Å²) in [5, 5.41) is 0. The van der Waals surface area contributed by atoms with Crippen molar-refractivity contribution in [2.75, 3.05) is 12.0 Å². The molecule has 3 atom stereocenters. The van der Waals surface area contributed by atoms with E-state index in [-0.39, 0.29) is 17.6 Å². The van der Waals surface area contributed by atoms with Crippen LogP contribution in [0.5, 0.6) is 0 Å². The van der Waals surface area contributed by atoms with Gasteiger partial charge in [0, 0.05) is 17.1 Å². The number of rotatable bonds is 3. The predicted octanol–water partition coefficient (Wildman–Crippen LogP) is 0.474. The molecule has 0 aliphatic carbocycles. The second-order valence-electron chi connectivity index (χ2n) is 3.95. The molecule has 14 heavy (non-hydrogen) atoms. The first-order valence-electron chi connectivity index (χ1n) is 4.50. The summed E-state index contributed by atoms with van der Waals surface area (Å²) in [4.78, 5) is 11.6. The van der Waals surface area contributed by atoms with Crippen molar-refractivity contribution < 1.29 is 18.5 Å². The summed E-state index contributed by atoms with van der Waals surface area (Å²) in [6.45, 7) is 5.31. The van der Waals surface area contributed by atoms with Crippen molar-refractivity contribution in [3.8, 4) is 0 Å². The lowest BCUT2D eigenvalue weighted by molar-refractivity contribution is -0.153. The minimum atomic E-state index is -1.12. The van der Waals surface area contributed by atoms with Crippen molar-refractivity contribution in [1.29, 1.82) is 0 Å². The van der Waals surface area contributed by atoms with Crippen molar-refractivity contribution in [2.24, 2.45) is 0 Å². The molecule has 0 aromatic heterocycles. The van der Waals surface area contributed by atoms with E-state index in [0.717, 1.165) is 0 Å². The normalized spacial score (nSPS) is 32.9. The zero-order valence-corrected chi connectivity index (χ0v) is 9.72. The number of ether oxygens (including phenoxy) is 2. The lowest BCUT2D eigenvalue weighted by Gasteiger charge is -2.16. The molecule has 5 heteroatoms. The Labute approximate surface area is 86.4 Å². The van der Waals surface area contributed by atoms with Gasteiger partial charge in [-0.05, 0) is 20.8 Å². The van der Waals surface area contributed by atoms with Crippen LogP contribution in [0.4, 0.5) is 0 Å². The van der Waals surface area contributed by atoms with E-state index in [1.165, 1.54) is 6.26 Å². The Kier molecular flexibility index (Phi) is 3.44. The maximum absolute atomic E-state index is 11.6. The topological polar surface area (TPSA) is 52.6 Å². The highest BCUT2D eigenvalue weighted by Gasteiger charge is 2.42. The summed E-state index contributed by atoms with van der Waals surface area (Å²) in [5.74, 6) is -0.826. The molecule has 0 radical (unpaired) electrons. The summed E-state index contributed by atoms with van der Waals surface area (Å²) >= 11 is 0. The van der Waals surface area contributed by atoms with Crippen molar-refractivity contribution in [1.82, 2.24) is 0 Å². The van der Waals surface area contributed by atoms with Gasteiger partial charge in [-0.15, -0.1) is 0 Å². The van der Waals surface area contributed by atoms with Crippen molar-refractivity contribution in [3.63, 3.8) is 0 Å². The molecule has 1 heterocycles. The summed E-state index contributed by atoms with van der Waals surface area (Å²) in [6.07, 6.45) is 0.665. The first-order chi connectivity index (χ1) is 6.32. The van der Waals surface area contributed by atoms with Crippen LogP contribution in [0.15, 0.2) is 0 Å². The maximum Gasteiger partial charge on any atom is 0.176 e. The molecule has 0 spiro atoms. The van der Waals surface area contributed by atoms with E-state index in [9.17, 15) is 9.00 Å². The van der Waals surface area contributed by atoms with Gasteiger partial charge < -0.3 is 9.47 Å². The monoisotopic (exact) mass is 220 g/mol. The van der Waals surface area contributed by atoms with Crippen LogP contribution >= 0.6 is 0 Å². The first-order valence-corrected chi connectivity index (χ1v) is 6.23. The van der Waals surface area contributed by atoms with Gasteiger partial charge in [-0.25, -0.2) is 0 Å². The number of carbonyl (C=O) groups excluding carboxylic acids is 1. The smallest absolute Gasteiger partial charge is 0.176 e. The summed E-state index contributed by atoms with van der Waals surface area (Å²) in [6, 6.07) is 0. The van der Waals surface area contributed by atoms with Crippen LogP contribution in [0.25, 0.3) is 0 Å². The molecule has 1 rings (SSSR count). The molecule has 82 valence electrons. The Hall–Kier alpha value is -0.260. The fourth-order valence-electron chi connectivity index (χ4n) is 1.55. The molecular formula is C9H16O4S. The summed E-state index contributed by atoms with van der Waals surface area (Å²) in [7, 11) is -1.12. The highest BCUT2D eigenvalue weighted by molar-refractivity contribution is 7.85. The van der Waals surface area contributed by atoms with Crippen molar-refractivity contribution in [2.45, 2.75) is 38.8 Å². The molecule has 0 aromatic carbocycles. The second-order valence-corrected chi connectivity index (χ2v) is 5.38. The number of hydrogen-bond donors (Lipinski definition) is 0. The zero-order chi connectivity index (χ0) is 10.9. The van der Waals surface area contributed by atoms with E-state index >= 15 is 0 Å². The molecule has 0 aromatic rings. The second kappa shape index (κ2) is 4.08. The standard InChI is InChI=1S/C9H16O4S/c1-6-8(7(10)5-14(4)11)13-9(2,3)12-6/h6,8H,5H2,1-4H3/t6-,8-,14?/m0/s1. The van der Waals surface area contributed by atoms with Crippen LogP contribution in [-0.2, 0) is 25.1 Å². The summed E-state index contributed by atoms with van der Waals surface area (Å²) < 4.78 is 21.7. The van der Waals surface area contributed by atoms with Gasteiger partial charge >= 0.3 is 0 Å². The molecule has 4 nitrogen and oxygen atoms in total. The minimum absolute atomic E-state index is 0.0362. The minimum Gasteiger partial charge on any atom is -0.344 e. The van der Waals surface area contributed by atoms with E-state index in [1.807, 2.05) is 0 Å². The average molecular weight is 220 g/mol. The molecule has 1 fully saturated rings. The molecule has 1 aliphatic heterocycles. The van der Waals surface area contributed by atoms with Gasteiger partial charge in [0.25, 0.3) is 0 Å². The molecule has 0 bridgehead atoms. The summed E-state index contributed by atoms with van der Waals surface area (Å²) in [5.41, 5.74) is 0. The Morgan fingerprint density at radius 3 is 2.36 bits per heavy atom. The molecular weight excluding hydrogens is 204 g/mol. The van der Waals surface area contributed by atoms with Gasteiger partial charge in [0.05, 0.1) is 11.9 Å². The lowest BCUT2D eigenvalue weighted by Crippen LogP contribution is -2.33. The molecule has 0 N–H and O–H groups in total. The van der Waals surface area contributed by atoms with Crippen LogP contribution < -0.4 is 0 Å². The molecule has 1 unspecified atom stereocenters.